The van der Waals surface area contributed by atoms with Crippen LogP contribution in [0.3, 0.4) is 0 Å². The molecule has 1 saturated heterocycles. The molecule has 27 heavy (non-hydrogen) atoms. The van der Waals surface area contributed by atoms with Crippen molar-refractivity contribution in [2.24, 2.45) is 16.6 Å². The summed E-state index contributed by atoms with van der Waals surface area (Å²) in [6.45, 7) is 8.84. The lowest BCUT2D eigenvalue weighted by Crippen LogP contribution is -2.43. The molecule has 1 heterocycles. The molecule has 4 N–H and O–H groups in total. The highest BCUT2D eigenvalue weighted by molar-refractivity contribution is 5.79. The maximum Gasteiger partial charge on any atom is 0.221 e. The van der Waals surface area contributed by atoms with E-state index in [4.69, 9.17) is 5.73 Å². The number of carbonyl (C=O) groups excluding carboxylic acids is 1. The lowest BCUT2D eigenvalue weighted by Gasteiger charge is -2.31. The number of piperidine rings is 1. The third-order valence-corrected chi connectivity index (χ3v) is 5.06. The number of aliphatic imine (C=N–C) groups is 1. The monoisotopic (exact) mass is 373 g/mol. The summed E-state index contributed by atoms with van der Waals surface area (Å²) in [7, 11) is 1.80. The second-order valence-corrected chi connectivity index (χ2v) is 7.57. The number of primary amides is 1. The largest absolute Gasteiger partial charge is 0.369 e. The average Bonchev–Trinajstić information content (AvgIpc) is 2.63. The number of carbonyl (C=O) groups is 1. The van der Waals surface area contributed by atoms with Gasteiger partial charge in [-0.15, -0.1) is 0 Å². The van der Waals surface area contributed by atoms with Gasteiger partial charge in [0.05, 0.1) is 5.92 Å². The Labute approximate surface area is 163 Å². The molecule has 0 radical (unpaired) electrons. The number of guanidine groups is 1. The predicted octanol–water partition coefficient (Wildman–Crippen LogP) is 1.60. The number of amides is 1. The van der Waals surface area contributed by atoms with Crippen molar-refractivity contribution in [3.63, 3.8) is 0 Å². The minimum Gasteiger partial charge on any atom is -0.369 e. The van der Waals surface area contributed by atoms with Crippen LogP contribution in [0.1, 0.15) is 36.0 Å². The van der Waals surface area contributed by atoms with Crippen molar-refractivity contribution >= 4 is 11.9 Å². The van der Waals surface area contributed by atoms with Gasteiger partial charge in [0.1, 0.15) is 0 Å². The third-order valence-electron chi connectivity index (χ3n) is 5.06. The number of hydrogen-bond acceptors (Lipinski definition) is 3. The molecule has 0 saturated carbocycles. The summed E-state index contributed by atoms with van der Waals surface area (Å²) in [4.78, 5) is 18.0. The molecule has 0 bridgehead atoms. The molecule has 1 aromatic carbocycles. The van der Waals surface area contributed by atoms with Crippen molar-refractivity contribution < 1.29 is 4.79 Å². The van der Waals surface area contributed by atoms with Crippen molar-refractivity contribution in [3.05, 3.63) is 34.9 Å². The number of hydrogen-bond donors (Lipinski definition) is 3. The van der Waals surface area contributed by atoms with Crippen LogP contribution >= 0.6 is 0 Å². The zero-order chi connectivity index (χ0) is 19.6. The fraction of sp³-hybridized carbons (Fsp3) is 0.619. The van der Waals surface area contributed by atoms with Gasteiger partial charge in [-0.2, -0.15) is 0 Å². The standard InChI is InChI=1S/C21H35N5O/c1-16-12-17(2)14-18(13-16)7-9-25-21(23-3)24-8-5-11-26-10-4-6-19(15-26)20(22)27/h12-14,19H,4-11,15H2,1-3H3,(H2,22,27)(H2,23,24,25). The zero-order valence-corrected chi connectivity index (χ0v) is 17.1. The SMILES string of the molecule is CN=C(NCCCN1CCCC(C(N)=O)C1)NCCc1cc(C)cc(C)c1. The maximum absolute atomic E-state index is 11.4. The van der Waals surface area contributed by atoms with E-state index in [0.29, 0.717) is 0 Å². The Morgan fingerprint density at radius 3 is 2.59 bits per heavy atom. The van der Waals surface area contributed by atoms with E-state index in [1.165, 1.54) is 16.7 Å². The van der Waals surface area contributed by atoms with Crippen LogP contribution in [0.4, 0.5) is 0 Å². The minimum absolute atomic E-state index is 0.0198. The van der Waals surface area contributed by atoms with E-state index in [-0.39, 0.29) is 11.8 Å². The van der Waals surface area contributed by atoms with Gasteiger partial charge in [-0.1, -0.05) is 29.3 Å². The highest BCUT2D eigenvalue weighted by atomic mass is 16.1. The van der Waals surface area contributed by atoms with E-state index in [1.54, 1.807) is 7.05 Å². The van der Waals surface area contributed by atoms with Gasteiger partial charge in [-0.3, -0.25) is 9.79 Å². The molecule has 1 aliphatic heterocycles. The van der Waals surface area contributed by atoms with Crippen LogP contribution in [-0.2, 0) is 11.2 Å². The van der Waals surface area contributed by atoms with E-state index in [1.807, 2.05) is 0 Å². The Hall–Kier alpha value is -2.08. The summed E-state index contributed by atoms with van der Waals surface area (Å²) in [5.41, 5.74) is 9.41. The molecule has 1 aliphatic rings. The van der Waals surface area contributed by atoms with Crippen LogP contribution in [0, 0.1) is 19.8 Å². The molecule has 0 spiro atoms. The minimum atomic E-state index is -0.161. The molecule has 1 aromatic rings. The highest BCUT2D eigenvalue weighted by Crippen LogP contribution is 2.15. The van der Waals surface area contributed by atoms with Gasteiger partial charge < -0.3 is 21.3 Å². The molecule has 1 fully saturated rings. The summed E-state index contributed by atoms with van der Waals surface area (Å²) in [6.07, 6.45) is 3.98. The molecule has 2 rings (SSSR count). The third kappa shape index (κ3) is 7.59. The van der Waals surface area contributed by atoms with Gasteiger partial charge in [0.25, 0.3) is 0 Å². The summed E-state index contributed by atoms with van der Waals surface area (Å²) in [5.74, 6) is 0.700. The summed E-state index contributed by atoms with van der Waals surface area (Å²) < 4.78 is 0. The average molecular weight is 374 g/mol. The fourth-order valence-electron chi connectivity index (χ4n) is 3.76. The van der Waals surface area contributed by atoms with Gasteiger partial charge in [0.15, 0.2) is 5.96 Å². The molecule has 0 aliphatic carbocycles. The molecule has 150 valence electrons. The quantitative estimate of drug-likeness (QED) is 0.367. The van der Waals surface area contributed by atoms with E-state index >= 15 is 0 Å². The molecule has 0 aromatic heterocycles. The lowest BCUT2D eigenvalue weighted by molar-refractivity contribution is -0.123. The molecule has 6 heteroatoms. The zero-order valence-electron chi connectivity index (χ0n) is 17.1. The van der Waals surface area contributed by atoms with Gasteiger partial charge in [-0.25, -0.2) is 0 Å². The predicted molar refractivity (Wildman–Crippen MR) is 112 cm³/mol. The Morgan fingerprint density at radius 1 is 1.22 bits per heavy atom. The Balaban J connectivity index is 1.63. The highest BCUT2D eigenvalue weighted by Gasteiger charge is 2.23. The second kappa shape index (κ2) is 10.9. The molecular weight excluding hydrogens is 338 g/mol. The smallest absolute Gasteiger partial charge is 0.221 e. The van der Waals surface area contributed by atoms with Crippen LogP contribution in [0.5, 0.6) is 0 Å². The van der Waals surface area contributed by atoms with Gasteiger partial charge in [0, 0.05) is 26.7 Å². The van der Waals surface area contributed by atoms with Crippen LogP contribution in [0.15, 0.2) is 23.2 Å². The fourth-order valence-corrected chi connectivity index (χ4v) is 3.76. The topological polar surface area (TPSA) is 82.8 Å². The van der Waals surface area contributed by atoms with E-state index in [2.05, 4.69) is 52.6 Å². The van der Waals surface area contributed by atoms with Crippen molar-refractivity contribution in [1.29, 1.82) is 0 Å². The van der Waals surface area contributed by atoms with Crippen LogP contribution < -0.4 is 16.4 Å². The molecule has 6 nitrogen and oxygen atoms in total. The molecular formula is C21H35N5O. The summed E-state index contributed by atoms with van der Waals surface area (Å²) in [5, 5.41) is 6.75. The molecule has 1 unspecified atom stereocenters. The maximum atomic E-state index is 11.4. The van der Waals surface area contributed by atoms with E-state index in [0.717, 1.165) is 64.4 Å². The Bertz CT molecular complexity index is 623. The van der Waals surface area contributed by atoms with E-state index < -0.39 is 0 Å². The summed E-state index contributed by atoms with van der Waals surface area (Å²) in [6, 6.07) is 6.68. The van der Waals surface area contributed by atoms with Gasteiger partial charge in [0.2, 0.25) is 5.91 Å². The summed E-state index contributed by atoms with van der Waals surface area (Å²) >= 11 is 0. The first-order chi connectivity index (χ1) is 13.0. The number of nitrogens with two attached hydrogens (primary N) is 1. The normalized spacial score (nSPS) is 18.3. The number of nitrogens with zero attached hydrogens (tertiary/aromatic N) is 2. The lowest BCUT2D eigenvalue weighted by atomic mass is 9.97. The number of likely N-dealkylation sites (tertiary alicyclic amines) is 1. The van der Waals surface area contributed by atoms with Crippen LogP contribution in [0.25, 0.3) is 0 Å². The van der Waals surface area contributed by atoms with Crippen molar-refractivity contribution in [2.75, 3.05) is 39.8 Å². The number of benzene rings is 1. The van der Waals surface area contributed by atoms with Gasteiger partial charge >= 0.3 is 0 Å². The first kappa shape index (κ1) is 21.2. The van der Waals surface area contributed by atoms with Crippen molar-refractivity contribution in [2.45, 2.75) is 39.5 Å². The number of rotatable bonds is 8. The number of nitrogens with one attached hydrogen (secondary N) is 2. The van der Waals surface area contributed by atoms with Gasteiger partial charge in [-0.05, 0) is 58.2 Å². The van der Waals surface area contributed by atoms with E-state index in [9.17, 15) is 4.79 Å². The van der Waals surface area contributed by atoms with Crippen molar-refractivity contribution in [3.8, 4) is 0 Å². The van der Waals surface area contributed by atoms with Crippen LogP contribution in [0.2, 0.25) is 0 Å². The van der Waals surface area contributed by atoms with Crippen LogP contribution in [-0.4, -0.2) is 56.5 Å². The number of aryl methyl sites for hydroxylation is 2. The molecule has 1 amide bonds. The first-order valence-corrected chi connectivity index (χ1v) is 10.0. The molecule has 1 atom stereocenters. The first-order valence-electron chi connectivity index (χ1n) is 10.0. The second-order valence-electron chi connectivity index (χ2n) is 7.57. The Kier molecular flexibility index (Phi) is 8.58. The van der Waals surface area contributed by atoms with Crippen molar-refractivity contribution in [1.82, 2.24) is 15.5 Å². The Morgan fingerprint density at radius 2 is 1.93 bits per heavy atom.